The lowest BCUT2D eigenvalue weighted by atomic mass is 10.0. The maximum atomic E-state index is 12.7. The predicted molar refractivity (Wildman–Crippen MR) is 111 cm³/mol. The van der Waals surface area contributed by atoms with Crippen molar-refractivity contribution in [1.82, 2.24) is 19.9 Å². The van der Waals surface area contributed by atoms with Gasteiger partial charge in [0, 0.05) is 23.3 Å². The second kappa shape index (κ2) is 7.82. The van der Waals surface area contributed by atoms with E-state index in [-0.39, 0.29) is 11.8 Å². The van der Waals surface area contributed by atoms with Crippen LogP contribution in [0.5, 0.6) is 0 Å². The number of hydrogen-bond donors (Lipinski definition) is 1. The Kier molecular flexibility index (Phi) is 5.08. The molecule has 1 atom stereocenters. The van der Waals surface area contributed by atoms with Gasteiger partial charge >= 0.3 is 0 Å². The lowest BCUT2D eigenvalue weighted by Gasteiger charge is -2.12. The van der Waals surface area contributed by atoms with E-state index in [1.165, 1.54) is 5.56 Å². The molecule has 0 fully saturated rings. The Hall–Kier alpha value is -3.18. The zero-order valence-electron chi connectivity index (χ0n) is 15.3. The fraction of sp³-hybridized carbons (Fsp3) is 0.136. The van der Waals surface area contributed by atoms with Gasteiger partial charge in [-0.3, -0.25) is 4.79 Å². The predicted octanol–water partition coefficient (Wildman–Crippen LogP) is 4.58. The van der Waals surface area contributed by atoms with Crippen molar-refractivity contribution < 1.29 is 4.79 Å². The van der Waals surface area contributed by atoms with E-state index in [1.54, 1.807) is 16.9 Å². The van der Waals surface area contributed by atoms with Gasteiger partial charge in [-0.1, -0.05) is 61.0 Å². The highest BCUT2D eigenvalue weighted by Gasteiger charge is 2.17. The van der Waals surface area contributed by atoms with Crippen molar-refractivity contribution in [1.29, 1.82) is 0 Å². The van der Waals surface area contributed by atoms with Crippen molar-refractivity contribution in [3.63, 3.8) is 0 Å². The van der Waals surface area contributed by atoms with Crippen LogP contribution in [0.1, 0.15) is 28.8 Å². The average Bonchev–Trinajstić information content (AvgIpc) is 3.17. The summed E-state index contributed by atoms with van der Waals surface area (Å²) in [6, 6.07) is 19.5. The summed E-state index contributed by atoms with van der Waals surface area (Å²) >= 11 is 5.98. The summed E-state index contributed by atoms with van der Waals surface area (Å²) in [5.41, 5.74) is 3.96. The zero-order chi connectivity index (χ0) is 19.5. The molecule has 4 rings (SSSR count). The van der Waals surface area contributed by atoms with E-state index >= 15 is 0 Å². The molecule has 1 amide bonds. The molecule has 2 aromatic heterocycles. The Morgan fingerprint density at radius 3 is 2.61 bits per heavy atom. The molecule has 0 aliphatic heterocycles. The molecule has 4 aromatic rings. The number of aromatic nitrogens is 3. The van der Waals surface area contributed by atoms with Crippen molar-refractivity contribution >= 4 is 23.2 Å². The highest BCUT2D eigenvalue weighted by atomic mass is 35.5. The first-order valence-corrected chi connectivity index (χ1v) is 9.43. The highest BCUT2D eigenvalue weighted by Crippen LogP contribution is 2.23. The minimum atomic E-state index is -0.182. The number of fused-ring (bicyclic) bond motifs is 1. The molecule has 0 spiro atoms. The maximum Gasteiger partial charge on any atom is 0.256 e. The van der Waals surface area contributed by atoms with Crippen LogP contribution in [0.4, 0.5) is 0 Å². The maximum absolute atomic E-state index is 12.7. The number of rotatable bonds is 5. The summed E-state index contributed by atoms with van der Waals surface area (Å²) in [5.74, 6) is 0.0307. The lowest BCUT2D eigenvalue weighted by molar-refractivity contribution is 0.0953. The smallest absolute Gasteiger partial charge is 0.256 e. The molecular weight excluding hydrogens is 372 g/mol. The van der Waals surface area contributed by atoms with Gasteiger partial charge in [0.1, 0.15) is 5.56 Å². The molecule has 140 valence electrons. The number of nitrogens with zero attached hydrogens (tertiary/aromatic N) is 3. The van der Waals surface area contributed by atoms with E-state index in [1.807, 2.05) is 48.5 Å². The Morgan fingerprint density at radius 1 is 1.11 bits per heavy atom. The van der Waals surface area contributed by atoms with Crippen molar-refractivity contribution in [3.05, 3.63) is 89.2 Å². The largest absolute Gasteiger partial charge is 0.351 e. The molecular formula is C22H19ClN4O. The first kappa shape index (κ1) is 18.2. The second-order valence-corrected chi connectivity index (χ2v) is 7.09. The molecule has 0 unspecified atom stereocenters. The molecule has 6 heteroatoms. The van der Waals surface area contributed by atoms with Crippen molar-refractivity contribution in [2.45, 2.75) is 12.8 Å². The third-order valence-corrected chi connectivity index (χ3v) is 4.98. The van der Waals surface area contributed by atoms with Gasteiger partial charge in [-0.05, 0) is 29.7 Å². The monoisotopic (exact) mass is 390 g/mol. The normalized spacial score (nSPS) is 12.1. The van der Waals surface area contributed by atoms with Gasteiger partial charge in [-0.2, -0.15) is 5.10 Å². The Morgan fingerprint density at radius 2 is 1.86 bits per heavy atom. The molecule has 28 heavy (non-hydrogen) atoms. The Balaban J connectivity index is 1.57. The molecule has 0 aliphatic rings. The third-order valence-electron chi connectivity index (χ3n) is 4.72. The van der Waals surface area contributed by atoms with Crippen LogP contribution in [0, 0.1) is 0 Å². The van der Waals surface area contributed by atoms with Crippen molar-refractivity contribution in [2.24, 2.45) is 0 Å². The summed E-state index contributed by atoms with van der Waals surface area (Å²) in [7, 11) is 0. The molecule has 1 N–H and O–H groups in total. The van der Waals surface area contributed by atoms with Crippen molar-refractivity contribution in [3.8, 4) is 11.3 Å². The van der Waals surface area contributed by atoms with Gasteiger partial charge in [0.2, 0.25) is 0 Å². The van der Waals surface area contributed by atoms with Gasteiger partial charge < -0.3 is 5.32 Å². The number of benzene rings is 2. The zero-order valence-corrected chi connectivity index (χ0v) is 16.1. The van der Waals surface area contributed by atoms with Gasteiger partial charge in [0.25, 0.3) is 5.91 Å². The van der Waals surface area contributed by atoms with E-state index in [9.17, 15) is 4.79 Å². The molecule has 5 nitrogen and oxygen atoms in total. The number of amides is 1. The topological polar surface area (TPSA) is 59.3 Å². The van der Waals surface area contributed by atoms with Crippen LogP contribution < -0.4 is 5.32 Å². The van der Waals surface area contributed by atoms with Gasteiger partial charge in [-0.25, -0.2) is 9.50 Å². The fourth-order valence-electron chi connectivity index (χ4n) is 3.13. The standard InChI is InChI=1S/C22H19ClN4O/c1-15(16-5-3-2-4-6-16)13-25-22(28)19-14-26-27-20(11-12-24-21(19)27)17-7-9-18(23)10-8-17/h2-12,14-15H,13H2,1H3,(H,25,28)/t15-/m1/s1. The molecule has 0 saturated heterocycles. The molecule has 2 heterocycles. The van der Waals surface area contributed by atoms with E-state index in [4.69, 9.17) is 11.6 Å². The van der Waals surface area contributed by atoms with Crippen molar-refractivity contribution in [2.75, 3.05) is 6.54 Å². The Labute approximate surface area is 168 Å². The summed E-state index contributed by atoms with van der Waals surface area (Å²) in [4.78, 5) is 17.1. The number of hydrogen-bond acceptors (Lipinski definition) is 3. The van der Waals surface area contributed by atoms with Crippen LogP contribution >= 0.6 is 11.6 Å². The number of nitrogens with one attached hydrogen (secondary N) is 1. The van der Waals surface area contributed by atoms with Gasteiger partial charge in [-0.15, -0.1) is 0 Å². The van der Waals surface area contributed by atoms with E-state index in [2.05, 4.69) is 34.5 Å². The van der Waals surface area contributed by atoms with E-state index < -0.39 is 0 Å². The number of carbonyl (C=O) groups is 1. The van der Waals surface area contributed by atoms with Crippen LogP contribution in [0.25, 0.3) is 16.9 Å². The molecule has 0 saturated carbocycles. The third kappa shape index (κ3) is 3.62. The van der Waals surface area contributed by atoms with Gasteiger partial charge in [0.05, 0.1) is 11.9 Å². The minimum Gasteiger partial charge on any atom is -0.351 e. The Bertz CT molecular complexity index is 1110. The SMILES string of the molecule is C[C@H](CNC(=O)c1cnn2c(-c3ccc(Cl)cc3)ccnc12)c1ccccc1. The van der Waals surface area contributed by atoms with Crippen LogP contribution in [0.15, 0.2) is 73.1 Å². The summed E-state index contributed by atoms with van der Waals surface area (Å²) in [5, 5.41) is 8.05. The number of carbonyl (C=O) groups excluding carboxylic acids is 1. The highest BCUT2D eigenvalue weighted by molar-refractivity contribution is 6.30. The van der Waals surface area contributed by atoms with E-state index in [0.29, 0.717) is 22.8 Å². The van der Waals surface area contributed by atoms with Crippen LogP contribution in [-0.4, -0.2) is 27.0 Å². The number of halogens is 1. The van der Waals surface area contributed by atoms with E-state index in [0.717, 1.165) is 11.3 Å². The first-order valence-electron chi connectivity index (χ1n) is 9.05. The summed E-state index contributed by atoms with van der Waals surface area (Å²) in [6.45, 7) is 2.62. The summed E-state index contributed by atoms with van der Waals surface area (Å²) < 4.78 is 1.68. The van der Waals surface area contributed by atoms with Crippen LogP contribution in [0.3, 0.4) is 0 Å². The first-order chi connectivity index (χ1) is 13.6. The fourth-order valence-corrected chi connectivity index (χ4v) is 3.26. The molecule has 0 aliphatic carbocycles. The van der Waals surface area contributed by atoms with Crippen LogP contribution in [-0.2, 0) is 0 Å². The quantitative estimate of drug-likeness (QED) is 0.542. The minimum absolute atomic E-state index is 0.182. The molecule has 0 bridgehead atoms. The second-order valence-electron chi connectivity index (χ2n) is 6.65. The van der Waals surface area contributed by atoms with Gasteiger partial charge in [0.15, 0.2) is 5.65 Å². The molecule has 2 aromatic carbocycles. The molecule has 0 radical (unpaired) electrons. The lowest BCUT2D eigenvalue weighted by Crippen LogP contribution is -2.27. The summed E-state index contributed by atoms with van der Waals surface area (Å²) in [6.07, 6.45) is 3.24. The van der Waals surface area contributed by atoms with Crippen LogP contribution in [0.2, 0.25) is 5.02 Å². The average molecular weight is 391 g/mol.